The van der Waals surface area contributed by atoms with Crippen LogP contribution in [0.15, 0.2) is 30.3 Å². The highest BCUT2D eigenvalue weighted by molar-refractivity contribution is 5.70. The first-order chi connectivity index (χ1) is 7.53. The standard InChI is InChI=1S/C12H17NO3/c1-12(15,9-13)7-11(14)16-8-10-5-3-2-4-6-10/h2-6,15H,7-9,13H2,1H3. The minimum atomic E-state index is -1.19. The molecule has 0 heterocycles. The third-order valence-corrected chi connectivity index (χ3v) is 2.21. The maximum Gasteiger partial charge on any atom is 0.309 e. The summed E-state index contributed by atoms with van der Waals surface area (Å²) in [6, 6.07) is 9.38. The molecule has 88 valence electrons. The van der Waals surface area contributed by atoms with Crippen LogP contribution in [0.1, 0.15) is 18.9 Å². The Labute approximate surface area is 95.0 Å². The van der Waals surface area contributed by atoms with Gasteiger partial charge in [0.2, 0.25) is 0 Å². The summed E-state index contributed by atoms with van der Waals surface area (Å²) in [4.78, 5) is 11.4. The molecule has 4 nitrogen and oxygen atoms in total. The van der Waals surface area contributed by atoms with Crippen molar-refractivity contribution in [2.24, 2.45) is 5.73 Å². The number of carbonyl (C=O) groups is 1. The van der Waals surface area contributed by atoms with Gasteiger partial charge in [-0.1, -0.05) is 30.3 Å². The van der Waals surface area contributed by atoms with Crippen LogP contribution < -0.4 is 5.73 Å². The number of rotatable bonds is 5. The molecule has 0 bridgehead atoms. The van der Waals surface area contributed by atoms with E-state index < -0.39 is 11.6 Å². The van der Waals surface area contributed by atoms with Gasteiger partial charge in [-0.15, -0.1) is 0 Å². The molecule has 0 amide bonds. The molecule has 0 saturated heterocycles. The lowest BCUT2D eigenvalue weighted by molar-refractivity contribution is -0.149. The lowest BCUT2D eigenvalue weighted by atomic mass is 10.0. The fraction of sp³-hybridized carbons (Fsp3) is 0.417. The van der Waals surface area contributed by atoms with Crippen LogP contribution >= 0.6 is 0 Å². The number of esters is 1. The molecule has 0 saturated carbocycles. The van der Waals surface area contributed by atoms with Crippen molar-refractivity contribution in [1.82, 2.24) is 0 Å². The van der Waals surface area contributed by atoms with Crippen molar-refractivity contribution in [3.05, 3.63) is 35.9 Å². The van der Waals surface area contributed by atoms with Crippen LogP contribution in [0.25, 0.3) is 0 Å². The van der Waals surface area contributed by atoms with E-state index in [2.05, 4.69) is 0 Å². The highest BCUT2D eigenvalue weighted by Gasteiger charge is 2.23. The van der Waals surface area contributed by atoms with Crippen LogP contribution in [0.3, 0.4) is 0 Å². The van der Waals surface area contributed by atoms with Crippen molar-refractivity contribution in [1.29, 1.82) is 0 Å². The van der Waals surface area contributed by atoms with E-state index in [0.29, 0.717) is 0 Å². The topological polar surface area (TPSA) is 72.5 Å². The number of hydrogen-bond donors (Lipinski definition) is 2. The van der Waals surface area contributed by atoms with E-state index in [1.165, 1.54) is 6.92 Å². The Morgan fingerprint density at radius 1 is 1.44 bits per heavy atom. The van der Waals surface area contributed by atoms with Gasteiger partial charge in [-0.3, -0.25) is 4.79 Å². The summed E-state index contributed by atoms with van der Waals surface area (Å²) < 4.78 is 5.01. The molecule has 16 heavy (non-hydrogen) atoms. The van der Waals surface area contributed by atoms with Gasteiger partial charge < -0.3 is 15.6 Å². The van der Waals surface area contributed by atoms with Gasteiger partial charge in [0, 0.05) is 6.54 Å². The number of carbonyl (C=O) groups excluding carboxylic acids is 1. The molecule has 0 aliphatic carbocycles. The van der Waals surface area contributed by atoms with E-state index in [9.17, 15) is 9.90 Å². The molecule has 0 fully saturated rings. The van der Waals surface area contributed by atoms with Crippen LogP contribution in [0.4, 0.5) is 0 Å². The minimum Gasteiger partial charge on any atom is -0.461 e. The van der Waals surface area contributed by atoms with Crippen molar-refractivity contribution in [2.45, 2.75) is 25.6 Å². The second-order valence-electron chi connectivity index (χ2n) is 4.02. The average molecular weight is 223 g/mol. The van der Waals surface area contributed by atoms with Crippen molar-refractivity contribution in [3.8, 4) is 0 Å². The Morgan fingerprint density at radius 2 is 2.06 bits per heavy atom. The second-order valence-corrected chi connectivity index (χ2v) is 4.02. The molecule has 1 aromatic rings. The fourth-order valence-corrected chi connectivity index (χ4v) is 1.17. The van der Waals surface area contributed by atoms with Gasteiger partial charge in [-0.05, 0) is 12.5 Å². The predicted molar refractivity (Wildman–Crippen MR) is 60.5 cm³/mol. The van der Waals surface area contributed by atoms with E-state index in [1.807, 2.05) is 30.3 Å². The van der Waals surface area contributed by atoms with Crippen LogP contribution in [0.5, 0.6) is 0 Å². The van der Waals surface area contributed by atoms with Crippen LogP contribution in [0.2, 0.25) is 0 Å². The molecule has 1 atom stereocenters. The van der Waals surface area contributed by atoms with E-state index in [-0.39, 0.29) is 19.6 Å². The maximum atomic E-state index is 11.4. The zero-order valence-electron chi connectivity index (χ0n) is 9.35. The van der Waals surface area contributed by atoms with Gasteiger partial charge in [-0.25, -0.2) is 0 Å². The number of ether oxygens (including phenoxy) is 1. The Balaban J connectivity index is 2.36. The van der Waals surface area contributed by atoms with Crippen LogP contribution in [-0.2, 0) is 16.1 Å². The first-order valence-electron chi connectivity index (χ1n) is 5.15. The monoisotopic (exact) mass is 223 g/mol. The Hall–Kier alpha value is -1.39. The second kappa shape index (κ2) is 5.63. The lowest BCUT2D eigenvalue weighted by Crippen LogP contribution is -2.36. The quantitative estimate of drug-likeness (QED) is 0.725. The molecule has 0 aliphatic rings. The predicted octanol–water partition coefficient (Wildman–Crippen LogP) is 0.830. The Kier molecular flexibility index (Phi) is 4.46. The summed E-state index contributed by atoms with van der Waals surface area (Å²) in [6.07, 6.45) is -0.0870. The third kappa shape index (κ3) is 4.42. The molecule has 0 aromatic heterocycles. The van der Waals surface area contributed by atoms with Gasteiger partial charge in [0.25, 0.3) is 0 Å². The highest BCUT2D eigenvalue weighted by atomic mass is 16.5. The van der Waals surface area contributed by atoms with Crippen molar-refractivity contribution in [2.75, 3.05) is 6.54 Å². The number of aliphatic hydroxyl groups is 1. The third-order valence-electron chi connectivity index (χ3n) is 2.21. The van der Waals surface area contributed by atoms with E-state index in [1.54, 1.807) is 0 Å². The van der Waals surface area contributed by atoms with Gasteiger partial charge >= 0.3 is 5.97 Å². The molecule has 1 aromatic carbocycles. The van der Waals surface area contributed by atoms with Crippen molar-refractivity contribution < 1.29 is 14.6 Å². The van der Waals surface area contributed by atoms with Crippen molar-refractivity contribution >= 4 is 5.97 Å². The number of hydrogen-bond acceptors (Lipinski definition) is 4. The summed E-state index contributed by atoms with van der Waals surface area (Å²) in [5, 5.41) is 9.56. The minimum absolute atomic E-state index is 0.0352. The molecule has 3 N–H and O–H groups in total. The highest BCUT2D eigenvalue weighted by Crippen LogP contribution is 2.09. The Morgan fingerprint density at radius 3 is 2.62 bits per heavy atom. The molecule has 0 aliphatic heterocycles. The van der Waals surface area contributed by atoms with Gasteiger partial charge in [0.15, 0.2) is 0 Å². The molecular weight excluding hydrogens is 206 g/mol. The van der Waals surface area contributed by atoms with Crippen LogP contribution in [0, 0.1) is 0 Å². The van der Waals surface area contributed by atoms with E-state index in [4.69, 9.17) is 10.5 Å². The molecule has 1 rings (SSSR count). The lowest BCUT2D eigenvalue weighted by Gasteiger charge is -2.19. The summed E-state index contributed by atoms with van der Waals surface area (Å²) in [5.41, 5.74) is 5.04. The van der Waals surface area contributed by atoms with Gasteiger partial charge in [0.05, 0.1) is 12.0 Å². The fourth-order valence-electron chi connectivity index (χ4n) is 1.17. The smallest absolute Gasteiger partial charge is 0.309 e. The molecule has 1 unspecified atom stereocenters. The first-order valence-corrected chi connectivity index (χ1v) is 5.15. The first kappa shape index (κ1) is 12.7. The average Bonchev–Trinajstić information content (AvgIpc) is 2.27. The SMILES string of the molecule is CC(O)(CN)CC(=O)OCc1ccccc1. The van der Waals surface area contributed by atoms with Crippen LogP contribution in [-0.4, -0.2) is 23.2 Å². The zero-order valence-corrected chi connectivity index (χ0v) is 9.35. The normalized spacial score (nSPS) is 14.2. The molecule has 0 spiro atoms. The maximum absolute atomic E-state index is 11.4. The van der Waals surface area contributed by atoms with Gasteiger partial charge in [-0.2, -0.15) is 0 Å². The zero-order chi connectivity index (χ0) is 12.0. The Bertz CT molecular complexity index is 335. The summed E-state index contributed by atoms with van der Waals surface area (Å²) in [7, 11) is 0. The van der Waals surface area contributed by atoms with E-state index >= 15 is 0 Å². The summed E-state index contributed by atoms with van der Waals surface area (Å²) in [6.45, 7) is 1.77. The van der Waals surface area contributed by atoms with Gasteiger partial charge in [0.1, 0.15) is 6.61 Å². The number of benzene rings is 1. The van der Waals surface area contributed by atoms with E-state index in [0.717, 1.165) is 5.56 Å². The van der Waals surface area contributed by atoms with Crippen molar-refractivity contribution in [3.63, 3.8) is 0 Å². The largest absolute Gasteiger partial charge is 0.461 e. The molecular formula is C12H17NO3. The molecule has 4 heteroatoms. The number of nitrogens with two attached hydrogens (primary N) is 1. The summed E-state index contributed by atoms with van der Waals surface area (Å²) in [5.74, 6) is -0.445. The summed E-state index contributed by atoms with van der Waals surface area (Å²) >= 11 is 0. The molecule has 0 radical (unpaired) electrons.